The normalized spacial score (nSPS) is 15.0. The molecule has 0 spiro atoms. The number of hydrogen-bond acceptors (Lipinski definition) is 5. The molecule has 7 nitrogen and oxygen atoms in total. The SMILES string of the molecule is Cc1[nH]nc(NC(=O)CSCC(=O)N2CCOCC2)c1C. The van der Waals surface area contributed by atoms with Crippen LogP contribution in [0.3, 0.4) is 0 Å². The van der Waals surface area contributed by atoms with Crippen molar-refractivity contribution < 1.29 is 14.3 Å². The zero-order chi connectivity index (χ0) is 15.2. The zero-order valence-corrected chi connectivity index (χ0v) is 13.1. The highest BCUT2D eigenvalue weighted by molar-refractivity contribution is 8.00. The molecule has 0 atom stereocenters. The predicted molar refractivity (Wildman–Crippen MR) is 81.4 cm³/mol. The Balaban J connectivity index is 1.69. The Hall–Kier alpha value is -1.54. The first kappa shape index (κ1) is 15.8. The predicted octanol–water partition coefficient (Wildman–Crippen LogP) is 0.557. The lowest BCUT2D eigenvalue weighted by Crippen LogP contribution is -2.41. The second kappa shape index (κ2) is 7.46. The third-order valence-electron chi connectivity index (χ3n) is 3.33. The molecule has 0 radical (unpaired) electrons. The summed E-state index contributed by atoms with van der Waals surface area (Å²) in [7, 11) is 0. The number of rotatable bonds is 5. The van der Waals surface area contributed by atoms with E-state index in [1.807, 2.05) is 13.8 Å². The molecule has 1 aromatic heterocycles. The number of aromatic amines is 1. The van der Waals surface area contributed by atoms with Crippen molar-refractivity contribution in [1.29, 1.82) is 0 Å². The summed E-state index contributed by atoms with van der Waals surface area (Å²) in [5.41, 5.74) is 1.86. The number of thioether (sulfide) groups is 1. The molecule has 0 aliphatic carbocycles. The standard InChI is InChI=1S/C13H20N4O3S/c1-9-10(2)15-16-13(9)14-11(18)7-21-8-12(19)17-3-5-20-6-4-17/h3-8H2,1-2H3,(H2,14,15,16,18). The summed E-state index contributed by atoms with van der Waals surface area (Å²) >= 11 is 1.31. The molecule has 2 heterocycles. The summed E-state index contributed by atoms with van der Waals surface area (Å²) in [6.45, 7) is 6.25. The third-order valence-corrected chi connectivity index (χ3v) is 4.25. The molecule has 2 amide bonds. The van der Waals surface area contributed by atoms with Crippen molar-refractivity contribution >= 4 is 29.4 Å². The molecule has 1 aromatic rings. The van der Waals surface area contributed by atoms with E-state index in [0.29, 0.717) is 37.9 Å². The molecule has 0 bridgehead atoms. The van der Waals surface area contributed by atoms with E-state index in [0.717, 1.165) is 11.3 Å². The maximum absolute atomic E-state index is 11.9. The number of nitrogens with zero attached hydrogens (tertiary/aromatic N) is 2. The van der Waals surface area contributed by atoms with Crippen molar-refractivity contribution in [3.05, 3.63) is 11.3 Å². The zero-order valence-electron chi connectivity index (χ0n) is 12.3. The van der Waals surface area contributed by atoms with Crippen LogP contribution in [0.25, 0.3) is 0 Å². The van der Waals surface area contributed by atoms with E-state index < -0.39 is 0 Å². The molecule has 1 aliphatic heterocycles. The lowest BCUT2D eigenvalue weighted by molar-refractivity contribution is -0.132. The van der Waals surface area contributed by atoms with Crippen molar-refractivity contribution in [3.8, 4) is 0 Å². The maximum atomic E-state index is 11.9. The van der Waals surface area contributed by atoms with Gasteiger partial charge in [-0.1, -0.05) is 0 Å². The van der Waals surface area contributed by atoms with E-state index in [1.54, 1.807) is 4.90 Å². The van der Waals surface area contributed by atoms with Crippen molar-refractivity contribution in [2.24, 2.45) is 0 Å². The maximum Gasteiger partial charge on any atom is 0.235 e. The van der Waals surface area contributed by atoms with E-state index in [-0.39, 0.29) is 17.6 Å². The van der Waals surface area contributed by atoms with Crippen molar-refractivity contribution in [1.82, 2.24) is 15.1 Å². The van der Waals surface area contributed by atoms with Gasteiger partial charge in [0.05, 0.1) is 24.7 Å². The Kier molecular flexibility index (Phi) is 5.63. The first-order valence-corrected chi connectivity index (χ1v) is 7.98. The Bertz CT molecular complexity index is 512. The Morgan fingerprint density at radius 2 is 2.05 bits per heavy atom. The smallest absolute Gasteiger partial charge is 0.235 e. The van der Waals surface area contributed by atoms with E-state index in [1.165, 1.54) is 11.8 Å². The van der Waals surface area contributed by atoms with Gasteiger partial charge in [0.25, 0.3) is 0 Å². The van der Waals surface area contributed by atoms with Gasteiger partial charge in [-0.25, -0.2) is 0 Å². The fourth-order valence-electron chi connectivity index (χ4n) is 1.91. The van der Waals surface area contributed by atoms with Gasteiger partial charge in [0, 0.05) is 24.3 Å². The molecule has 1 saturated heterocycles. The van der Waals surface area contributed by atoms with Crippen LogP contribution in [0.4, 0.5) is 5.82 Å². The average Bonchev–Trinajstić information content (AvgIpc) is 2.80. The monoisotopic (exact) mass is 312 g/mol. The largest absolute Gasteiger partial charge is 0.378 e. The van der Waals surface area contributed by atoms with Gasteiger partial charge in [-0.15, -0.1) is 11.8 Å². The lowest BCUT2D eigenvalue weighted by Gasteiger charge is -2.26. The summed E-state index contributed by atoms with van der Waals surface area (Å²) < 4.78 is 5.20. The van der Waals surface area contributed by atoms with Crippen LogP contribution in [-0.4, -0.2) is 64.7 Å². The molecular weight excluding hydrogens is 292 g/mol. The molecule has 1 aliphatic rings. The van der Waals surface area contributed by atoms with Crippen LogP contribution in [0, 0.1) is 13.8 Å². The topological polar surface area (TPSA) is 87.3 Å². The first-order chi connectivity index (χ1) is 10.1. The van der Waals surface area contributed by atoms with E-state index in [2.05, 4.69) is 15.5 Å². The van der Waals surface area contributed by atoms with Crippen molar-refractivity contribution in [2.45, 2.75) is 13.8 Å². The summed E-state index contributed by atoms with van der Waals surface area (Å²) in [6, 6.07) is 0. The van der Waals surface area contributed by atoms with Crippen LogP contribution in [0.2, 0.25) is 0 Å². The number of carbonyl (C=O) groups excluding carboxylic acids is 2. The number of nitrogens with one attached hydrogen (secondary N) is 2. The first-order valence-electron chi connectivity index (χ1n) is 6.82. The van der Waals surface area contributed by atoms with Crippen LogP contribution in [0.1, 0.15) is 11.3 Å². The van der Waals surface area contributed by atoms with Gasteiger partial charge >= 0.3 is 0 Å². The van der Waals surface area contributed by atoms with Crippen LogP contribution in [0.15, 0.2) is 0 Å². The summed E-state index contributed by atoms with van der Waals surface area (Å²) in [6.07, 6.45) is 0. The number of ether oxygens (including phenoxy) is 1. The van der Waals surface area contributed by atoms with Gasteiger partial charge in [-0.3, -0.25) is 14.7 Å². The average molecular weight is 312 g/mol. The van der Waals surface area contributed by atoms with E-state index in [9.17, 15) is 9.59 Å². The van der Waals surface area contributed by atoms with Crippen LogP contribution >= 0.6 is 11.8 Å². The quantitative estimate of drug-likeness (QED) is 0.829. The van der Waals surface area contributed by atoms with Crippen LogP contribution in [-0.2, 0) is 14.3 Å². The van der Waals surface area contributed by atoms with Gasteiger partial charge in [-0.2, -0.15) is 5.10 Å². The van der Waals surface area contributed by atoms with Crippen molar-refractivity contribution in [3.63, 3.8) is 0 Å². The second-order valence-corrected chi connectivity index (χ2v) is 5.84. The highest BCUT2D eigenvalue weighted by Crippen LogP contribution is 2.14. The molecule has 0 saturated carbocycles. The number of H-pyrrole nitrogens is 1. The van der Waals surface area contributed by atoms with E-state index >= 15 is 0 Å². The number of morpholine rings is 1. The van der Waals surface area contributed by atoms with Gasteiger partial charge in [0.15, 0.2) is 5.82 Å². The number of aromatic nitrogens is 2. The second-order valence-electron chi connectivity index (χ2n) is 4.86. The van der Waals surface area contributed by atoms with Crippen LogP contribution < -0.4 is 5.32 Å². The fourth-order valence-corrected chi connectivity index (χ4v) is 2.63. The van der Waals surface area contributed by atoms with Crippen molar-refractivity contribution in [2.75, 3.05) is 43.1 Å². The number of aryl methyl sites for hydroxylation is 1. The number of amides is 2. The Morgan fingerprint density at radius 1 is 1.33 bits per heavy atom. The number of hydrogen-bond donors (Lipinski definition) is 2. The number of carbonyl (C=O) groups is 2. The Labute approximate surface area is 127 Å². The lowest BCUT2D eigenvalue weighted by atomic mass is 10.3. The minimum Gasteiger partial charge on any atom is -0.378 e. The van der Waals surface area contributed by atoms with Gasteiger partial charge in [0.2, 0.25) is 11.8 Å². The molecule has 2 N–H and O–H groups in total. The molecule has 8 heteroatoms. The number of anilines is 1. The summed E-state index contributed by atoms with van der Waals surface area (Å²) in [5.74, 6) is 1.01. The minimum absolute atomic E-state index is 0.0582. The molecule has 21 heavy (non-hydrogen) atoms. The highest BCUT2D eigenvalue weighted by Gasteiger charge is 2.17. The summed E-state index contributed by atoms with van der Waals surface area (Å²) in [4.78, 5) is 25.5. The fraction of sp³-hybridized carbons (Fsp3) is 0.615. The Morgan fingerprint density at radius 3 is 2.67 bits per heavy atom. The molecule has 1 fully saturated rings. The molecule has 116 valence electrons. The third kappa shape index (κ3) is 4.47. The molecule has 2 rings (SSSR count). The van der Waals surface area contributed by atoms with Gasteiger partial charge < -0.3 is 15.0 Å². The van der Waals surface area contributed by atoms with Crippen LogP contribution in [0.5, 0.6) is 0 Å². The minimum atomic E-state index is -0.149. The summed E-state index contributed by atoms with van der Waals surface area (Å²) in [5, 5.41) is 9.57. The van der Waals surface area contributed by atoms with Gasteiger partial charge in [-0.05, 0) is 13.8 Å². The molecule has 0 aromatic carbocycles. The molecular formula is C13H20N4O3S. The van der Waals surface area contributed by atoms with Gasteiger partial charge in [0.1, 0.15) is 0 Å². The highest BCUT2D eigenvalue weighted by atomic mass is 32.2. The molecule has 0 unspecified atom stereocenters. The van der Waals surface area contributed by atoms with E-state index in [4.69, 9.17) is 4.74 Å².